The quantitative estimate of drug-likeness (QED) is 0.775. The molecule has 0 bridgehead atoms. The van der Waals surface area contributed by atoms with Crippen LogP contribution in [0.4, 0.5) is 0 Å². The summed E-state index contributed by atoms with van der Waals surface area (Å²) in [6, 6.07) is 1.45. The van der Waals surface area contributed by atoms with Crippen LogP contribution in [0.5, 0.6) is 0 Å². The summed E-state index contributed by atoms with van der Waals surface area (Å²) in [4.78, 5) is 0. The first-order valence-electron chi connectivity index (χ1n) is 6.50. The van der Waals surface area contributed by atoms with Crippen LogP contribution in [0.1, 0.15) is 33.1 Å². The molecule has 1 aromatic rings. The molecule has 3 N–H and O–H groups in total. The average molecular weight is 288 g/mol. The Bertz CT molecular complexity index is 536. The van der Waals surface area contributed by atoms with E-state index in [1.54, 1.807) is 6.20 Å². The van der Waals surface area contributed by atoms with Crippen molar-refractivity contribution in [2.75, 3.05) is 6.61 Å². The Morgan fingerprint density at radius 3 is 2.89 bits per heavy atom. The molecule has 0 spiro atoms. The Hall–Kier alpha value is -0.920. The molecule has 1 atom stereocenters. The highest BCUT2D eigenvalue weighted by Crippen LogP contribution is 2.38. The molecular weight excluding hydrogens is 266 g/mol. The van der Waals surface area contributed by atoms with Gasteiger partial charge in [-0.1, -0.05) is 18.5 Å². The first-order chi connectivity index (χ1) is 8.78. The van der Waals surface area contributed by atoms with E-state index in [0.717, 1.165) is 12.8 Å². The Morgan fingerprint density at radius 1 is 1.58 bits per heavy atom. The number of hydrogen-bond acceptors (Lipinski definition) is 3. The number of aromatic amines is 1. The van der Waals surface area contributed by atoms with Crippen LogP contribution in [0.3, 0.4) is 0 Å². The van der Waals surface area contributed by atoms with Crippen LogP contribution in [0, 0.1) is 5.41 Å². The van der Waals surface area contributed by atoms with Gasteiger partial charge in [0.2, 0.25) is 0 Å². The number of nitrogens with zero attached hydrogens (tertiary/aromatic N) is 1. The van der Waals surface area contributed by atoms with E-state index < -0.39 is 10.0 Å². The van der Waals surface area contributed by atoms with E-state index in [4.69, 9.17) is 9.88 Å². The molecule has 0 aromatic carbocycles. The van der Waals surface area contributed by atoms with Crippen LogP contribution < -0.4 is 9.82 Å². The molecule has 1 aromatic heterocycles. The summed E-state index contributed by atoms with van der Waals surface area (Å²) in [6.07, 6.45) is 5.15. The SMILES string of the molecule is CC1(C)CCC(OCC[n+]2[nH]ccc2S(N)(=O)=O)C1. The molecule has 7 heteroatoms. The van der Waals surface area contributed by atoms with E-state index in [-0.39, 0.29) is 11.1 Å². The number of nitrogens with one attached hydrogen (secondary N) is 1. The number of sulfonamides is 1. The lowest BCUT2D eigenvalue weighted by Gasteiger charge is -2.16. The normalized spacial score (nSPS) is 22.8. The lowest BCUT2D eigenvalue weighted by Crippen LogP contribution is -2.44. The molecule has 1 fully saturated rings. The molecule has 1 heterocycles. The number of hydrogen-bond donors (Lipinski definition) is 2. The van der Waals surface area contributed by atoms with Gasteiger partial charge in [-0.3, -0.25) is 0 Å². The summed E-state index contributed by atoms with van der Waals surface area (Å²) in [5.41, 5.74) is 0.357. The molecule has 2 rings (SSSR count). The standard InChI is InChI=1S/C12H21N3O3S/c1-12(2)5-3-10(9-12)18-8-7-15-11(4-6-14-15)19(13,16)17/h4,6,10H,3,5,7-9H2,1-2H3,(H2,13,16,17)/p+1. The second kappa shape index (κ2) is 5.22. The van der Waals surface area contributed by atoms with Gasteiger partial charge in [0, 0.05) is 6.07 Å². The largest absolute Gasteiger partial charge is 0.372 e. The third-order valence-electron chi connectivity index (χ3n) is 3.61. The molecule has 1 aliphatic carbocycles. The molecule has 0 saturated heterocycles. The minimum Gasteiger partial charge on any atom is -0.372 e. The smallest absolute Gasteiger partial charge is 0.336 e. The van der Waals surface area contributed by atoms with E-state index in [9.17, 15) is 8.42 Å². The van der Waals surface area contributed by atoms with Gasteiger partial charge in [-0.25, -0.2) is 13.6 Å². The van der Waals surface area contributed by atoms with Crippen LogP contribution in [-0.4, -0.2) is 26.2 Å². The Labute approximate surface area is 114 Å². The van der Waals surface area contributed by atoms with Crippen LogP contribution in [0.2, 0.25) is 0 Å². The van der Waals surface area contributed by atoms with Gasteiger partial charge < -0.3 is 4.74 Å². The van der Waals surface area contributed by atoms with Crippen molar-refractivity contribution >= 4 is 10.0 Å². The minimum atomic E-state index is -3.68. The fourth-order valence-corrected chi connectivity index (χ4v) is 3.31. The van der Waals surface area contributed by atoms with Crippen molar-refractivity contribution in [1.82, 2.24) is 5.10 Å². The third-order valence-corrected chi connectivity index (χ3v) is 4.55. The highest BCUT2D eigenvalue weighted by atomic mass is 32.2. The highest BCUT2D eigenvalue weighted by Gasteiger charge is 2.31. The first-order valence-corrected chi connectivity index (χ1v) is 8.04. The Balaban J connectivity index is 1.86. The number of aromatic nitrogens is 2. The van der Waals surface area contributed by atoms with Gasteiger partial charge in [0.25, 0.3) is 0 Å². The second-order valence-electron chi connectivity index (χ2n) is 5.90. The molecule has 1 aliphatic rings. The maximum absolute atomic E-state index is 11.3. The lowest BCUT2D eigenvalue weighted by molar-refractivity contribution is -0.784. The fourth-order valence-electron chi connectivity index (χ4n) is 2.60. The van der Waals surface area contributed by atoms with E-state index in [0.29, 0.717) is 18.6 Å². The van der Waals surface area contributed by atoms with Crippen LogP contribution in [0.25, 0.3) is 0 Å². The summed E-state index contributed by atoms with van der Waals surface area (Å²) in [5, 5.41) is 8.04. The number of nitrogens with two attached hydrogens (primary N) is 1. The molecule has 1 unspecified atom stereocenters. The van der Waals surface area contributed by atoms with Crippen LogP contribution in [0.15, 0.2) is 17.3 Å². The van der Waals surface area contributed by atoms with Gasteiger partial charge in [0.15, 0.2) is 6.54 Å². The maximum atomic E-state index is 11.3. The van der Waals surface area contributed by atoms with E-state index >= 15 is 0 Å². The molecule has 6 nitrogen and oxygen atoms in total. The minimum absolute atomic E-state index is 0.0860. The third kappa shape index (κ3) is 3.77. The van der Waals surface area contributed by atoms with E-state index in [1.807, 2.05) is 0 Å². The van der Waals surface area contributed by atoms with Crippen molar-refractivity contribution in [2.45, 2.75) is 50.8 Å². The zero-order chi connectivity index (χ0) is 14.1. The average Bonchev–Trinajstić information content (AvgIpc) is 2.84. The van der Waals surface area contributed by atoms with E-state index in [1.165, 1.54) is 17.2 Å². The Kier molecular flexibility index (Phi) is 3.98. The fraction of sp³-hybridized carbons (Fsp3) is 0.750. The lowest BCUT2D eigenvalue weighted by atomic mass is 9.92. The molecule has 0 amide bonds. The molecule has 0 aliphatic heterocycles. The molecule has 19 heavy (non-hydrogen) atoms. The van der Waals surface area contributed by atoms with Crippen LogP contribution >= 0.6 is 0 Å². The summed E-state index contributed by atoms with van der Waals surface area (Å²) in [6.45, 7) is 5.43. The predicted octanol–water partition coefficient (Wildman–Crippen LogP) is 0.545. The Morgan fingerprint density at radius 2 is 2.32 bits per heavy atom. The van der Waals surface area contributed by atoms with Crippen molar-refractivity contribution in [3.8, 4) is 0 Å². The second-order valence-corrected chi connectivity index (χ2v) is 7.41. The summed E-state index contributed by atoms with van der Waals surface area (Å²) < 4.78 is 29.9. The predicted molar refractivity (Wildman–Crippen MR) is 69.7 cm³/mol. The van der Waals surface area contributed by atoms with E-state index in [2.05, 4.69) is 18.9 Å². The van der Waals surface area contributed by atoms with Gasteiger partial charge in [-0.05, 0) is 24.7 Å². The monoisotopic (exact) mass is 288 g/mol. The van der Waals surface area contributed by atoms with Crippen molar-refractivity contribution in [2.24, 2.45) is 10.6 Å². The maximum Gasteiger partial charge on any atom is 0.336 e. The highest BCUT2D eigenvalue weighted by molar-refractivity contribution is 7.89. The van der Waals surface area contributed by atoms with Gasteiger partial charge in [0.05, 0.1) is 12.3 Å². The molecule has 0 radical (unpaired) electrons. The molecule has 108 valence electrons. The number of H-pyrrole nitrogens is 1. The molecular formula is C12H22N3O3S+. The van der Waals surface area contributed by atoms with Gasteiger partial charge in [-0.2, -0.15) is 5.10 Å². The zero-order valence-corrected chi connectivity index (χ0v) is 12.2. The number of primary sulfonamides is 1. The van der Waals surface area contributed by atoms with Crippen molar-refractivity contribution in [3.05, 3.63) is 12.3 Å². The van der Waals surface area contributed by atoms with Gasteiger partial charge in [0.1, 0.15) is 6.61 Å². The number of rotatable bonds is 5. The topological polar surface area (TPSA) is 89.1 Å². The van der Waals surface area contributed by atoms with Gasteiger partial charge in [-0.15, -0.1) is 0 Å². The van der Waals surface area contributed by atoms with Crippen molar-refractivity contribution in [3.63, 3.8) is 0 Å². The van der Waals surface area contributed by atoms with Gasteiger partial charge >= 0.3 is 15.0 Å². The summed E-state index contributed by atoms with van der Waals surface area (Å²) in [7, 11) is -3.68. The van der Waals surface area contributed by atoms with Crippen molar-refractivity contribution < 1.29 is 17.8 Å². The summed E-state index contributed by atoms with van der Waals surface area (Å²) in [5.74, 6) is 0. The van der Waals surface area contributed by atoms with Crippen LogP contribution in [-0.2, 0) is 21.3 Å². The summed E-state index contributed by atoms with van der Waals surface area (Å²) >= 11 is 0. The first kappa shape index (κ1) is 14.5. The molecule has 1 saturated carbocycles. The zero-order valence-electron chi connectivity index (χ0n) is 11.4. The number of ether oxygens (including phenoxy) is 1. The van der Waals surface area contributed by atoms with Crippen molar-refractivity contribution in [1.29, 1.82) is 0 Å².